The van der Waals surface area contributed by atoms with E-state index in [0.717, 1.165) is 5.56 Å². The van der Waals surface area contributed by atoms with Crippen LogP contribution < -0.4 is 0 Å². The number of hydrogen-bond donors (Lipinski definition) is 0. The maximum atomic E-state index is 12.0. The number of nitrogens with zero attached hydrogens (tertiary/aromatic N) is 1. The van der Waals surface area contributed by atoms with Crippen LogP contribution in [-0.4, -0.2) is 36.8 Å². The van der Waals surface area contributed by atoms with E-state index >= 15 is 0 Å². The van der Waals surface area contributed by atoms with Crippen molar-refractivity contribution in [3.8, 4) is 0 Å². The Hall–Kier alpha value is -1.26. The lowest BCUT2D eigenvalue weighted by Crippen LogP contribution is -2.62. The fourth-order valence-corrected chi connectivity index (χ4v) is 2.34. The van der Waals surface area contributed by atoms with E-state index in [1.165, 1.54) is 0 Å². The summed E-state index contributed by atoms with van der Waals surface area (Å²) in [6.45, 7) is 6.54. The first-order valence-corrected chi connectivity index (χ1v) is 6.93. The van der Waals surface area contributed by atoms with Crippen LogP contribution in [0.15, 0.2) is 24.3 Å². The van der Waals surface area contributed by atoms with Gasteiger partial charge >= 0.3 is 6.09 Å². The molecule has 0 radical (unpaired) electrons. The number of rotatable bonds is 2. The number of methoxy groups -OCH3 is 1. The first-order valence-electron chi connectivity index (χ1n) is 6.55. The minimum atomic E-state index is -0.483. The molecule has 0 atom stereocenters. The van der Waals surface area contributed by atoms with Crippen molar-refractivity contribution >= 4 is 17.7 Å². The van der Waals surface area contributed by atoms with Gasteiger partial charge in [-0.25, -0.2) is 4.79 Å². The maximum Gasteiger partial charge on any atom is 0.410 e. The number of hydrogen-bond acceptors (Lipinski definition) is 3. The van der Waals surface area contributed by atoms with Crippen LogP contribution in [-0.2, 0) is 15.1 Å². The highest BCUT2D eigenvalue weighted by molar-refractivity contribution is 6.30. The molecule has 1 aliphatic heterocycles. The number of carbonyl (C=O) groups is 1. The average Bonchev–Trinajstić information content (AvgIpc) is 2.28. The standard InChI is InChI=1S/C15H20ClNO3/c1-14(2,3)20-13(18)17-9-15(10-17,19-4)11-5-7-12(16)8-6-11/h5-8H,9-10H2,1-4H3. The second kappa shape index (κ2) is 5.26. The largest absolute Gasteiger partial charge is 0.444 e. The predicted molar refractivity (Wildman–Crippen MR) is 77.9 cm³/mol. The van der Waals surface area contributed by atoms with Crippen LogP contribution >= 0.6 is 11.6 Å². The van der Waals surface area contributed by atoms with E-state index in [0.29, 0.717) is 18.1 Å². The minimum absolute atomic E-state index is 0.306. The van der Waals surface area contributed by atoms with Crippen LogP contribution in [0, 0.1) is 0 Å². The van der Waals surface area contributed by atoms with E-state index in [-0.39, 0.29) is 6.09 Å². The van der Waals surface area contributed by atoms with Crippen molar-refractivity contribution in [3.05, 3.63) is 34.9 Å². The van der Waals surface area contributed by atoms with Crippen LogP contribution in [0.1, 0.15) is 26.3 Å². The summed E-state index contributed by atoms with van der Waals surface area (Å²) in [5.74, 6) is 0. The number of carbonyl (C=O) groups excluding carboxylic acids is 1. The number of ether oxygens (including phenoxy) is 2. The van der Waals surface area contributed by atoms with Gasteiger partial charge in [0.25, 0.3) is 0 Å². The summed E-state index contributed by atoms with van der Waals surface area (Å²) in [5, 5.41) is 0.684. The molecule has 110 valence electrons. The van der Waals surface area contributed by atoms with Crippen molar-refractivity contribution in [3.63, 3.8) is 0 Å². The van der Waals surface area contributed by atoms with Crippen LogP contribution in [0.4, 0.5) is 4.79 Å². The molecule has 0 N–H and O–H groups in total. The van der Waals surface area contributed by atoms with Gasteiger partial charge in [0.15, 0.2) is 0 Å². The first-order chi connectivity index (χ1) is 9.26. The van der Waals surface area contributed by atoms with E-state index in [2.05, 4.69) is 0 Å². The normalized spacial score (nSPS) is 17.6. The molecule has 1 aliphatic rings. The van der Waals surface area contributed by atoms with Crippen LogP contribution in [0.3, 0.4) is 0 Å². The fraction of sp³-hybridized carbons (Fsp3) is 0.533. The zero-order chi connectivity index (χ0) is 15.0. The molecule has 0 spiro atoms. The molecule has 0 saturated carbocycles. The smallest absolute Gasteiger partial charge is 0.410 e. The summed E-state index contributed by atoms with van der Waals surface area (Å²) >= 11 is 5.89. The Labute approximate surface area is 124 Å². The van der Waals surface area contributed by atoms with Crippen molar-refractivity contribution < 1.29 is 14.3 Å². The van der Waals surface area contributed by atoms with Gasteiger partial charge in [0.05, 0.1) is 13.1 Å². The third kappa shape index (κ3) is 3.07. The Morgan fingerprint density at radius 3 is 2.25 bits per heavy atom. The Balaban J connectivity index is 2.04. The number of likely N-dealkylation sites (tertiary alicyclic amines) is 1. The van der Waals surface area contributed by atoms with Gasteiger partial charge in [-0.15, -0.1) is 0 Å². The second-order valence-electron chi connectivity index (χ2n) is 6.04. The molecule has 0 aromatic heterocycles. The lowest BCUT2D eigenvalue weighted by molar-refractivity contribution is -0.127. The van der Waals surface area contributed by atoms with Gasteiger partial charge in [0.1, 0.15) is 11.2 Å². The molecule has 0 aliphatic carbocycles. The van der Waals surface area contributed by atoms with Gasteiger partial charge in [0.2, 0.25) is 0 Å². The van der Waals surface area contributed by atoms with Gasteiger partial charge in [-0.05, 0) is 38.5 Å². The Morgan fingerprint density at radius 1 is 1.25 bits per heavy atom. The monoisotopic (exact) mass is 297 g/mol. The Morgan fingerprint density at radius 2 is 1.80 bits per heavy atom. The van der Waals surface area contributed by atoms with Crippen molar-refractivity contribution in [1.82, 2.24) is 4.90 Å². The highest BCUT2D eigenvalue weighted by atomic mass is 35.5. The van der Waals surface area contributed by atoms with E-state index < -0.39 is 11.2 Å². The van der Waals surface area contributed by atoms with Crippen LogP contribution in [0.25, 0.3) is 0 Å². The highest BCUT2D eigenvalue weighted by Gasteiger charge is 2.48. The van der Waals surface area contributed by atoms with E-state index in [4.69, 9.17) is 21.1 Å². The summed E-state index contributed by atoms with van der Waals surface area (Å²) in [5.41, 5.74) is 0.0775. The highest BCUT2D eigenvalue weighted by Crippen LogP contribution is 2.36. The van der Waals surface area contributed by atoms with Gasteiger partial charge in [-0.1, -0.05) is 23.7 Å². The molecule has 1 saturated heterocycles. The Kier molecular flexibility index (Phi) is 3.98. The Bertz CT molecular complexity index is 487. The molecule has 1 heterocycles. The summed E-state index contributed by atoms with van der Waals surface area (Å²) < 4.78 is 11.0. The zero-order valence-electron chi connectivity index (χ0n) is 12.3. The topological polar surface area (TPSA) is 38.8 Å². The zero-order valence-corrected chi connectivity index (χ0v) is 13.0. The molecular formula is C15H20ClNO3. The molecule has 1 aromatic rings. The van der Waals surface area contributed by atoms with Crippen molar-refractivity contribution in [2.75, 3.05) is 20.2 Å². The predicted octanol–water partition coefficient (Wildman–Crippen LogP) is 3.43. The fourth-order valence-electron chi connectivity index (χ4n) is 2.21. The van der Waals surface area contributed by atoms with Crippen LogP contribution in [0.5, 0.6) is 0 Å². The third-order valence-electron chi connectivity index (χ3n) is 3.31. The third-order valence-corrected chi connectivity index (χ3v) is 3.56. The van der Waals surface area contributed by atoms with Gasteiger partial charge < -0.3 is 14.4 Å². The van der Waals surface area contributed by atoms with E-state index in [1.807, 2.05) is 45.0 Å². The number of halogens is 1. The molecule has 0 bridgehead atoms. The molecule has 0 unspecified atom stereocenters. The van der Waals surface area contributed by atoms with Gasteiger partial charge in [-0.3, -0.25) is 0 Å². The van der Waals surface area contributed by atoms with Gasteiger partial charge in [0, 0.05) is 12.1 Å². The lowest BCUT2D eigenvalue weighted by atomic mass is 9.86. The average molecular weight is 298 g/mol. The molecule has 5 heteroatoms. The quantitative estimate of drug-likeness (QED) is 0.839. The molecule has 1 aromatic carbocycles. The number of amides is 1. The van der Waals surface area contributed by atoms with E-state index in [9.17, 15) is 4.79 Å². The SMILES string of the molecule is COC1(c2ccc(Cl)cc2)CN(C(=O)OC(C)(C)C)C1. The van der Waals surface area contributed by atoms with Crippen molar-refractivity contribution in [2.24, 2.45) is 0 Å². The van der Waals surface area contributed by atoms with Crippen molar-refractivity contribution in [2.45, 2.75) is 32.0 Å². The summed E-state index contributed by atoms with van der Waals surface area (Å²) in [4.78, 5) is 13.6. The maximum absolute atomic E-state index is 12.0. The molecule has 2 rings (SSSR count). The molecular weight excluding hydrogens is 278 g/mol. The number of benzene rings is 1. The van der Waals surface area contributed by atoms with Gasteiger partial charge in [-0.2, -0.15) is 0 Å². The molecule has 1 fully saturated rings. The molecule has 4 nitrogen and oxygen atoms in total. The first kappa shape index (κ1) is 15.1. The minimum Gasteiger partial charge on any atom is -0.444 e. The molecule has 20 heavy (non-hydrogen) atoms. The van der Waals surface area contributed by atoms with Crippen LogP contribution in [0.2, 0.25) is 5.02 Å². The van der Waals surface area contributed by atoms with Crippen molar-refractivity contribution in [1.29, 1.82) is 0 Å². The molecule has 1 amide bonds. The second-order valence-corrected chi connectivity index (χ2v) is 6.48. The van der Waals surface area contributed by atoms with E-state index in [1.54, 1.807) is 12.0 Å². The summed E-state index contributed by atoms with van der Waals surface area (Å²) in [7, 11) is 1.65. The lowest BCUT2D eigenvalue weighted by Gasteiger charge is -2.49. The summed E-state index contributed by atoms with van der Waals surface area (Å²) in [6, 6.07) is 7.51. The summed E-state index contributed by atoms with van der Waals surface area (Å²) in [6.07, 6.45) is -0.306.